The molecular weight excluding hydrogens is 257 g/mol. The number of piperazine rings is 1. The van der Waals surface area contributed by atoms with Crippen molar-refractivity contribution in [3.63, 3.8) is 0 Å². The third-order valence-corrected chi connectivity index (χ3v) is 3.31. The van der Waals surface area contributed by atoms with Crippen molar-refractivity contribution in [2.24, 2.45) is 0 Å². The number of hydrogen-bond donors (Lipinski definition) is 0. The fraction of sp³-hybridized carbons (Fsp3) is 0.462. The second-order valence-corrected chi connectivity index (χ2v) is 4.68. The highest BCUT2D eigenvalue weighted by Gasteiger charge is 2.35. The molecule has 0 radical (unpaired) electrons. The molecule has 2 rings (SSSR count). The number of aldehydes is 1. The van der Waals surface area contributed by atoms with Gasteiger partial charge < -0.3 is 9.80 Å². The van der Waals surface area contributed by atoms with Crippen molar-refractivity contribution >= 4 is 12.0 Å². The van der Waals surface area contributed by atoms with Crippen LogP contribution in [-0.4, -0.2) is 44.4 Å². The van der Waals surface area contributed by atoms with Gasteiger partial charge in [0.25, 0.3) is 0 Å². The molecule has 0 aliphatic carbocycles. The standard InChI is InChI=1S/C13H15F3N2O/c1-17-4-6-18(7-5-17)12-3-2-10(9-19)8-11(12)13(14,15)16/h2-3,8-9H,4-7H2,1H3. The van der Waals surface area contributed by atoms with Crippen molar-refractivity contribution in [1.29, 1.82) is 0 Å². The first-order valence-corrected chi connectivity index (χ1v) is 6.02. The van der Waals surface area contributed by atoms with Gasteiger partial charge in [-0.25, -0.2) is 0 Å². The van der Waals surface area contributed by atoms with Gasteiger partial charge in [-0.2, -0.15) is 13.2 Å². The number of nitrogens with zero attached hydrogens (tertiary/aromatic N) is 2. The molecule has 1 saturated heterocycles. The molecule has 1 aliphatic heterocycles. The first kappa shape index (κ1) is 13.9. The summed E-state index contributed by atoms with van der Waals surface area (Å²) in [5.41, 5.74) is -0.530. The lowest BCUT2D eigenvalue weighted by Crippen LogP contribution is -2.45. The summed E-state index contributed by atoms with van der Waals surface area (Å²) in [6.45, 7) is 2.57. The van der Waals surface area contributed by atoms with E-state index in [1.54, 1.807) is 4.90 Å². The van der Waals surface area contributed by atoms with Crippen LogP contribution >= 0.6 is 0 Å². The summed E-state index contributed by atoms with van der Waals surface area (Å²) >= 11 is 0. The lowest BCUT2D eigenvalue weighted by atomic mass is 10.1. The van der Waals surface area contributed by atoms with Crippen LogP contribution in [0.1, 0.15) is 15.9 Å². The monoisotopic (exact) mass is 272 g/mol. The highest BCUT2D eigenvalue weighted by molar-refractivity contribution is 5.77. The number of hydrogen-bond acceptors (Lipinski definition) is 3. The van der Waals surface area contributed by atoms with Gasteiger partial charge in [-0.05, 0) is 25.2 Å². The van der Waals surface area contributed by atoms with E-state index in [2.05, 4.69) is 4.90 Å². The van der Waals surface area contributed by atoms with Gasteiger partial charge in [-0.3, -0.25) is 4.79 Å². The minimum atomic E-state index is -4.45. The van der Waals surface area contributed by atoms with E-state index in [1.165, 1.54) is 12.1 Å². The molecule has 0 saturated carbocycles. The zero-order chi connectivity index (χ0) is 14.0. The average molecular weight is 272 g/mol. The van der Waals surface area contributed by atoms with Gasteiger partial charge in [0.1, 0.15) is 6.29 Å². The van der Waals surface area contributed by atoms with Crippen molar-refractivity contribution in [2.75, 3.05) is 38.1 Å². The van der Waals surface area contributed by atoms with Crippen molar-refractivity contribution in [3.8, 4) is 0 Å². The number of carbonyl (C=O) groups excluding carboxylic acids is 1. The van der Waals surface area contributed by atoms with E-state index in [1.807, 2.05) is 7.05 Å². The Morgan fingerprint density at radius 1 is 1.16 bits per heavy atom. The molecule has 3 nitrogen and oxygen atoms in total. The quantitative estimate of drug-likeness (QED) is 0.772. The summed E-state index contributed by atoms with van der Waals surface area (Å²) in [5, 5.41) is 0. The van der Waals surface area contributed by atoms with Crippen LogP contribution < -0.4 is 4.90 Å². The van der Waals surface area contributed by atoms with E-state index in [0.717, 1.165) is 19.2 Å². The maximum absolute atomic E-state index is 13.0. The predicted molar refractivity (Wildman–Crippen MR) is 66.5 cm³/mol. The Hall–Kier alpha value is -1.56. The molecule has 1 aliphatic rings. The molecule has 1 aromatic carbocycles. The molecule has 19 heavy (non-hydrogen) atoms. The van der Waals surface area contributed by atoms with Crippen LogP contribution in [-0.2, 0) is 6.18 Å². The van der Waals surface area contributed by atoms with Crippen molar-refractivity contribution < 1.29 is 18.0 Å². The van der Waals surface area contributed by atoms with Crippen LogP contribution in [0.3, 0.4) is 0 Å². The van der Waals surface area contributed by atoms with E-state index < -0.39 is 11.7 Å². The summed E-state index contributed by atoms with van der Waals surface area (Å²) in [7, 11) is 1.94. The number of rotatable bonds is 2. The number of alkyl halides is 3. The molecular formula is C13H15F3N2O. The molecule has 0 atom stereocenters. The molecule has 1 heterocycles. The Labute approximate surface area is 109 Å². The molecule has 0 spiro atoms. The van der Waals surface area contributed by atoms with Crippen LogP contribution in [0.2, 0.25) is 0 Å². The van der Waals surface area contributed by atoms with E-state index >= 15 is 0 Å². The first-order chi connectivity index (χ1) is 8.91. The maximum atomic E-state index is 13.0. The molecule has 1 fully saturated rings. The molecule has 6 heteroatoms. The fourth-order valence-electron chi connectivity index (χ4n) is 2.18. The van der Waals surface area contributed by atoms with Crippen LogP contribution in [0.5, 0.6) is 0 Å². The highest BCUT2D eigenvalue weighted by atomic mass is 19.4. The lowest BCUT2D eigenvalue weighted by molar-refractivity contribution is -0.137. The van der Waals surface area contributed by atoms with Crippen LogP contribution in [0.4, 0.5) is 18.9 Å². The van der Waals surface area contributed by atoms with Crippen LogP contribution in [0.15, 0.2) is 18.2 Å². The molecule has 0 unspecified atom stereocenters. The minimum Gasteiger partial charge on any atom is -0.368 e. The maximum Gasteiger partial charge on any atom is 0.418 e. The van der Waals surface area contributed by atoms with E-state index in [4.69, 9.17) is 0 Å². The van der Waals surface area contributed by atoms with Gasteiger partial charge in [0, 0.05) is 37.4 Å². The third kappa shape index (κ3) is 3.07. The van der Waals surface area contributed by atoms with Crippen LogP contribution in [0, 0.1) is 0 Å². The second-order valence-electron chi connectivity index (χ2n) is 4.68. The summed E-state index contributed by atoms with van der Waals surface area (Å²) in [6, 6.07) is 3.73. The Kier molecular flexibility index (Phi) is 3.80. The van der Waals surface area contributed by atoms with Gasteiger partial charge in [0.05, 0.1) is 5.56 Å². The SMILES string of the molecule is CN1CCN(c2ccc(C=O)cc2C(F)(F)F)CC1. The van der Waals surface area contributed by atoms with E-state index in [-0.39, 0.29) is 11.3 Å². The highest BCUT2D eigenvalue weighted by Crippen LogP contribution is 2.37. The Balaban J connectivity index is 2.36. The largest absolute Gasteiger partial charge is 0.418 e. The van der Waals surface area contributed by atoms with Crippen LogP contribution in [0.25, 0.3) is 0 Å². The molecule has 104 valence electrons. The molecule has 0 N–H and O–H groups in total. The van der Waals surface area contributed by atoms with E-state index in [9.17, 15) is 18.0 Å². The lowest BCUT2D eigenvalue weighted by Gasteiger charge is -2.35. The smallest absolute Gasteiger partial charge is 0.368 e. The third-order valence-electron chi connectivity index (χ3n) is 3.31. The predicted octanol–water partition coefficient (Wildman–Crippen LogP) is 2.27. The second kappa shape index (κ2) is 5.21. The molecule has 0 bridgehead atoms. The number of likely N-dealkylation sites (N-methyl/N-ethyl adjacent to an activating group) is 1. The van der Waals surface area contributed by atoms with Crippen molar-refractivity contribution in [3.05, 3.63) is 29.3 Å². The molecule has 0 aromatic heterocycles. The Bertz CT molecular complexity index is 465. The molecule has 0 amide bonds. The van der Waals surface area contributed by atoms with Gasteiger partial charge >= 0.3 is 6.18 Å². The first-order valence-electron chi connectivity index (χ1n) is 6.02. The minimum absolute atomic E-state index is 0.0465. The van der Waals surface area contributed by atoms with Gasteiger partial charge in [-0.15, -0.1) is 0 Å². The Morgan fingerprint density at radius 3 is 2.32 bits per heavy atom. The van der Waals surface area contributed by atoms with Crippen molar-refractivity contribution in [2.45, 2.75) is 6.18 Å². The summed E-state index contributed by atoms with van der Waals surface area (Å²) in [4.78, 5) is 14.4. The number of carbonyl (C=O) groups is 1. The fourth-order valence-corrected chi connectivity index (χ4v) is 2.18. The molecule has 1 aromatic rings. The summed E-state index contributed by atoms with van der Waals surface area (Å²) < 4.78 is 39.1. The topological polar surface area (TPSA) is 23.6 Å². The van der Waals surface area contributed by atoms with E-state index in [0.29, 0.717) is 19.4 Å². The number of benzene rings is 1. The summed E-state index contributed by atoms with van der Waals surface area (Å²) in [5.74, 6) is 0. The average Bonchev–Trinajstić information content (AvgIpc) is 2.38. The Morgan fingerprint density at radius 2 is 1.79 bits per heavy atom. The van der Waals surface area contributed by atoms with Crippen molar-refractivity contribution in [1.82, 2.24) is 4.90 Å². The zero-order valence-corrected chi connectivity index (χ0v) is 10.6. The number of anilines is 1. The normalized spacial score (nSPS) is 17.6. The number of halogens is 3. The van der Waals surface area contributed by atoms with Gasteiger partial charge in [0.15, 0.2) is 0 Å². The zero-order valence-electron chi connectivity index (χ0n) is 10.6. The van der Waals surface area contributed by atoms with Gasteiger partial charge in [0.2, 0.25) is 0 Å². The summed E-state index contributed by atoms with van der Waals surface area (Å²) in [6.07, 6.45) is -4.01. The van der Waals surface area contributed by atoms with Gasteiger partial charge in [-0.1, -0.05) is 0 Å².